The predicted octanol–water partition coefficient (Wildman–Crippen LogP) is 2.58. The zero-order valence-corrected chi connectivity index (χ0v) is 15.6. The Morgan fingerprint density at radius 2 is 1.74 bits per heavy atom. The van der Waals surface area contributed by atoms with Crippen molar-refractivity contribution in [3.63, 3.8) is 0 Å². The van der Waals surface area contributed by atoms with E-state index < -0.39 is 17.9 Å². The molecule has 0 aliphatic rings. The summed E-state index contributed by atoms with van der Waals surface area (Å²) in [5.41, 5.74) is 4.27. The van der Waals surface area contributed by atoms with Crippen molar-refractivity contribution in [2.75, 3.05) is 11.9 Å². The minimum atomic E-state index is -0.908. The zero-order chi connectivity index (χ0) is 19.6. The van der Waals surface area contributed by atoms with Crippen LogP contribution < -0.4 is 10.6 Å². The largest absolute Gasteiger partial charge is 0.386 e. The van der Waals surface area contributed by atoms with Crippen LogP contribution in [0.25, 0.3) is 10.9 Å². The maximum Gasteiger partial charge on any atom is 0.313 e. The van der Waals surface area contributed by atoms with Crippen molar-refractivity contribution in [3.05, 3.63) is 65.4 Å². The normalized spacial score (nSPS) is 12.0. The summed E-state index contributed by atoms with van der Waals surface area (Å²) >= 11 is 0. The molecule has 0 fully saturated rings. The summed E-state index contributed by atoms with van der Waals surface area (Å²) in [6, 6.07) is 13.3. The fourth-order valence-electron chi connectivity index (χ4n) is 3.25. The van der Waals surface area contributed by atoms with E-state index >= 15 is 0 Å². The minimum Gasteiger partial charge on any atom is -0.386 e. The van der Waals surface area contributed by atoms with Crippen LogP contribution in [-0.2, 0) is 16.6 Å². The van der Waals surface area contributed by atoms with E-state index in [0.29, 0.717) is 11.3 Å². The number of carbonyl (C=O) groups excluding carboxylic acids is 2. The number of aliphatic hydroxyl groups is 1. The van der Waals surface area contributed by atoms with Crippen LogP contribution in [0.15, 0.2) is 48.7 Å². The number of nitrogens with one attached hydrogen (secondary N) is 2. The fourth-order valence-corrected chi connectivity index (χ4v) is 3.25. The first-order valence-corrected chi connectivity index (χ1v) is 8.74. The van der Waals surface area contributed by atoms with Crippen LogP contribution >= 0.6 is 0 Å². The molecular weight excluding hydrogens is 342 g/mol. The number of aryl methyl sites for hydroxylation is 3. The Hall–Kier alpha value is -3.12. The van der Waals surface area contributed by atoms with Crippen molar-refractivity contribution < 1.29 is 14.7 Å². The van der Waals surface area contributed by atoms with Crippen molar-refractivity contribution >= 4 is 28.4 Å². The first-order valence-electron chi connectivity index (χ1n) is 8.74. The molecule has 6 nitrogen and oxygen atoms in total. The Morgan fingerprint density at radius 3 is 2.44 bits per heavy atom. The van der Waals surface area contributed by atoms with Crippen LogP contribution in [0.4, 0.5) is 5.69 Å². The number of aromatic nitrogens is 1. The number of aliphatic hydroxyl groups excluding tert-OH is 1. The molecule has 1 atom stereocenters. The van der Waals surface area contributed by atoms with Gasteiger partial charge in [-0.05, 0) is 43.2 Å². The number of hydrogen-bond donors (Lipinski definition) is 3. The smallest absolute Gasteiger partial charge is 0.313 e. The summed E-state index contributed by atoms with van der Waals surface area (Å²) < 4.78 is 1.92. The summed E-state index contributed by atoms with van der Waals surface area (Å²) in [7, 11) is 1.90. The minimum absolute atomic E-state index is 0.0485. The third kappa shape index (κ3) is 4.17. The molecule has 3 aromatic rings. The van der Waals surface area contributed by atoms with Gasteiger partial charge in [-0.25, -0.2) is 0 Å². The van der Waals surface area contributed by atoms with Gasteiger partial charge in [0.2, 0.25) is 0 Å². The van der Waals surface area contributed by atoms with Gasteiger partial charge in [0.05, 0.1) is 6.10 Å². The Bertz CT molecular complexity index is 987. The highest BCUT2D eigenvalue weighted by Gasteiger charge is 2.18. The molecule has 0 saturated heterocycles. The first kappa shape index (κ1) is 18.7. The van der Waals surface area contributed by atoms with Crippen molar-refractivity contribution in [2.24, 2.45) is 7.05 Å². The Morgan fingerprint density at radius 1 is 1.07 bits per heavy atom. The third-order valence-corrected chi connectivity index (χ3v) is 4.43. The average molecular weight is 365 g/mol. The van der Waals surface area contributed by atoms with Gasteiger partial charge in [-0.3, -0.25) is 9.59 Å². The summed E-state index contributed by atoms with van der Waals surface area (Å²) in [5, 5.41) is 16.5. The topological polar surface area (TPSA) is 83.4 Å². The van der Waals surface area contributed by atoms with Gasteiger partial charge in [0.25, 0.3) is 0 Å². The molecule has 0 bridgehead atoms. The summed E-state index contributed by atoms with van der Waals surface area (Å²) in [4.78, 5) is 24.2. The Kier molecular flexibility index (Phi) is 5.28. The molecule has 0 aliphatic carbocycles. The van der Waals surface area contributed by atoms with Gasteiger partial charge in [0, 0.05) is 41.9 Å². The predicted molar refractivity (Wildman–Crippen MR) is 105 cm³/mol. The van der Waals surface area contributed by atoms with Crippen LogP contribution in [0, 0.1) is 13.8 Å². The van der Waals surface area contributed by atoms with E-state index in [-0.39, 0.29) is 6.54 Å². The number of nitrogens with zero attached hydrogens (tertiary/aromatic N) is 1. The molecular formula is C21H23N3O3. The molecule has 0 radical (unpaired) electrons. The van der Waals surface area contributed by atoms with Gasteiger partial charge in [-0.2, -0.15) is 0 Å². The van der Waals surface area contributed by atoms with Gasteiger partial charge in [0.15, 0.2) is 0 Å². The average Bonchev–Trinajstić information content (AvgIpc) is 2.96. The van der Waals surface area contributed by atoms with Crippen molar-refractivity contribution in [1.29, 1.82) is 0 Å². The van der Waals surface area contributed by atoms with E-state index in [2.05, 4.69) is 10.6 Å². The second-order valence-corrected chi connectivity index (χ2v) is 6.77. The fraction of sp³-hybridized carbons (Fsp3) is 0.238. The van der Waals surface area contributed by atoms with Gasteiger partial charge >= 0.3 is 11.8 Å². The summed E-state index contributed by atoms with van der Waals surface area (Å²) in [6.07, 6.45) is 0.922. The van der Waals surface area contributed by atoms with Crippen LogP contribution in [0.1, 0.15) is 22.8 Å². The maximum absolute atomic E-state index is 12.1. The molecule has 0 spiro atoms. The van der Waals surface area contributed by atoms with Crippen molar-refractivity contribution in [1.82, 2.24) is 9.88 Å². The second-order valence-electron chi connectivity index (χ2n) is 6.77. The number of hydrogen-bond acceptors (Lipinski definition) is 3. The third-order valence-electron chi connectivity index (χ3n) is 4.43. The number of amides is 2. The van der Waals surface area contributed by atoms with E-state index in [0.717, 1.165) is 22.0 Å². The molecule has 27 heavy (non-hydrogen) atoms. The molecule has 1 unspecified atom stereocenters. The summed E-state index contributed by atoms with van der Waals surface area (Å²) in [5.74, 6) is -1.54. The van der Waals surface area contributed by atoms with Crippen LogP contribution in [0.2, 0.25) is 0 Å². The second kappa shape index (κ2) is 7.63. The lowest BCUT2D eigenvalue weighted by Gasteiger charge is -2.12. The van der Waals surface area contributed by atoms with Crippen molar-refractivity contribution in [3.8, 4) is 0 Å². The molecule has 3 N–H and O–H groups in total. The molecule has 2 amide bonds. The van der Waals surface area contributed by atoms with Crippen LogP contribution in [0.3, 0.4) is 0 Å². The lowest BCUT2D eigenvalue weighted by Crippen LogP contribution is -2.37. The van der Waals surface area contributed by atoms with Crippen LogP contribution in [-0.4, -0.2) is 28.0 Å². The van der Waals surface area contributed by atoms with Crippen molar-refractivity contribution in [2.45, 2.75) is 20.0 Å². The van der Waals surface area contributed by atoms with Gasteiger partial charge in [-0.15, -0.1) is 0 Å². The number of fused-ring (bicyclic) bond motifs is 1. The Labute approximate surface area is 157 Å². The quantitative estimate of drug-likeness (QED) is 0.622. The van der Waals surface area contributed by atoms with Gasteiger partial charge in [-0.1, -0.05) is 24.3 Å². The monoisotopic (exact) mass is 365 g/mol. The molecule has 1 heterocycles. The van der Waals surface area contributed by atoms with E-state index in [1.165, 1.54) is 0 Å². The molecule has 140 valence electrons. The van der Waals surface area contributed by atoms with E-state index in [4.69, 9.17) is 0 Å². The Balaban J connectivity index is 1.63. The van der Waals surface area contributed by atoms with Gasteiger partial charge in [0.1, 0.15) is 0 Å². The van der Waals surface area contributed by atoms with Crippen LogP contribution in [0.5, 0.6) is 0 Å². The maximum atomic E-state index is 12.1. The molecule has 0 aliphatic heterocycles. The number of benzene rings is 2. The van der Waals surface area contributed by atoms with E-state index in [1.807, 2.05) is 62.0 Å². The molecule has 6 heteroatoms. The highest BCUT2D eigenvalue weighted by molar-refractivity contribution is 6.39. The molecule has 0 saturated carbocycles. The SMILES string of the molecule is Cc1cc(C)cc(NC(=O)C(=O)NCC(O)c2cn(C)c3ccccc23)c1. The lowest BCUT2D eigenvalue weighted by atomic mass is 10.1. The molecule has 2 aromatic carbocycles. The summed E-state index contributed by atoms with van der Waals surface area (Å²) in [6.45, 7) is 3.79. The van der Waals surface area contributed by atoms with Gasteiger partial charge < -0.3 is 20.3 Å². The highest BCUT2D eigenvalue weighted by Crippen LogP contribution is 2.25. The standard InChI is InChI=1S/C21H23N3O3/c1-13-8-14(2)10-15(9-13)23-21(27)20(26)22-11-19(25)17-12-24(3)18-7-5-4-6-16(17)18/h4-10,12,19,25H,11H2,1-3H3,(H,22,26)(H,23,27). The van der Waals surface area contributed by atoms with E-state index in [9.17, 15) is 14.7 Å². The highest BCUT2D eigenvalue weighted by atomic mass is 16.3. The first-order chi connectivity index (χ1) is 12.8. The molecule has 3 rings (SSSR count). The number of rotatable bonds is 4. The number of para-hydroxylation sites is 1. The zero-order valence-electron chi connectivity index (χ0n) is 15.6. The number of anilines is 1. The lowest BCUT2D eigenvalue weighted by molar-refractivity contribution is -0.136. The van der Waals surface area contributed by atoms with E-state index in [1.54, 1.807) is 12.1 Å². The molecule has 1 aromatic heterocycles. The number of carbonyl (C=O) groups is 2.